The number of alkyl halides is 3. The molecule has 0 amide bonds. The van der Waals surface area contributed by atoms with Crippen LogP contribution < -0.4 is 10.1 Å². The van der Waals surface area contributed by atoms with Gasteiger partial charge in [0.2, 0.25) is 5.88 Å². The van der Waals surface area contributed by atoms with Crippen molar-refractivity contribution in [1.82, 2.24) is 9.97 Å². The van der Waals surface area contributed by atoms with Crippen LogP contribution in [-0.4, -0.2) is 29.3 Å². The molecule has 0 unspecified atom stereocenters. The number of rotatable bonds is 7. The minimum Gasteiger partial charge on any atom is -0.478 e. The van der Waals surface area contributed by atoms with Crippen molar-refractivity contribution in [2.24, 2.45) is 0 Å². The average Bonchev–Trinajstić information content (AvgIpc) is 2.30. The number of hydrogen-bond donors (Lipinski definition) is 1. The van der Waals surface area contributed by atoms with E-state index in [1.54, 1.807) is 13.0 Å². The fourth-order valence-corrected chi connectivity index (χ4v) is 1.41. The molecule has 0 bridgehead atoms. The number of nitrogens with zero attached hydrogens (tertiary/aromatic N) is 2. The third-order valence-electron chi connectivity index (χ3n) is 2.23. The van der Waals surface area contributed by atoms with Gasteiger partial charge in [-0.05, 0) is 19.8 Å². The molecular weight excluding hydrogens is 259 g/mol. The summed E-state index contributed by atoms with van der Waals surface area (Å²) in [6.07, 6.45) is -4.12. The van der Waals surface area contributed by atoms with Crippen molar-refractivity contribution in [3.05, 3.63) is 11.9 Å². The van der Waals surface area contributed by atoms with Crippen LogP contribution in [0.2, 0.25) is 0 Å². The Morgan fingerprint density at radius 1 is 1.32 bits per heavy atom. The average molecular weight is 277 g/mol. The molecule has 1 aromatic heterocycles. The third kappa shape index (κ3) is 6.83. The second-order valence-electron chi connectivity index (χ2n) is 4.13. The van der Waals surface area contributed by atoms with Gasteiger partial charge in [-0.2, -0.15) is 18.2 Å². The Labute approximate surface area is 110 Å². The lowest BCUT2D eigenvalue weighted by Gasteiger charge is -2.10. The van der Waals surface area contributed by atoms with Crippen LogP contribution in [-0.2, 0) is 0 Å². The van der Waals surface area contributed by atoms with Crippen LogP contribution in [0.25, 0.3) is 0 Å². The van der Waals surface area contributed by atoms with Gasteiger partial charge in [0, 0.05) is 19.0 Å². The van der Waals surface area contributed by atoms with Gasteiger partial charge in [0.1, 0.15) is 11.6 Å². The van der Waals surface area contributed by atoms with E-state index in [-0.39, 0.29) is 13.0 Å². The molecule has 0 aliphatic carbocycles. The van der Waals surface area contributed by atoms with Crippen LogP contribution >= 0.6 is 0 Å². The van der Waals surface area contributed by atoms with E-state index in [1.807, 2.05) is 6.92 Å². The third-order valence-corrected chi connectivity index (χ3v) is 2.23. The first-order chi connectivity index (χ1) is 8.90. The lowest BCUT2D eigenvalue weighted by atomic mass is 10.3. The van der Waals surface area contributed by atoms with E-state index in [0.717, 1.165) is 13.0 Å². The quantitative estimate of drug-likeness (QED) is 0.777. The number of nitrogens with one attached hydrogen (secondary N) is 1. The molecule has 0 atom stereocenters. The van der Waals surface area contributed by atoms with Gasteiger partial charge in [-0.3, -0.25) is 0 Å². The summed E-state index contributed by atoms with van der Waals surface area (Å²) < 4.78 is 41.1. The molecule has 0 saturated carbocycles. The van der Waals surface area contributed by atoms with E-state index in [9.17, 15) is 13.2 Å². The minimum absolute atomic E-state index is 0.0107. The van der Waals surface area contributed by atoms with Crippen molar-refractivity contribution in [2.75, 3.05) is 18.5 Å². The Bertz CT molecular complexity index is 396. The Hall–Kier alpha value is -1.53. The highest BCUT2D eigenvalue weighted by molar-refractivity contribution is 5.38. The molecule has 0 fully saturated rings. The molecule has 0 spiro atoms. The van der Waals surface area contributed by atoms with Crippen LogP contribution in [0.3, 0.4) is 0 Å². The Morgan fingerprint density at radius 2 is 2.05 bits per heavy atom. The maximum absolute atomic E-state index is 12.0. The number of hydrogen-bond acceptors (Lipinski definition) is 4. The lowest BCUT2D eigenvalue weighted by molar-refractivity contribution is -0.136. The SMILES string of the molecule is CCCNc1cc(OCCCC(F)(F)F)nc(C)n1. The fraction of sp³-hybridized carbons (Fsp3) is 0.667. The molecule has 108 valence electrons. The summed E-state index contributed by atoms with van der Waals surface area (Å²) in [6, 6.07) is 1.59. The Kier molecular flexibility index (Phi) is 5.85. The summed E-state index contributed by atoms with van der Waals surface area (Å²) in [6.45, 7) is 4.49. The van der Waals surface area contributed by atoms with Crippen molar-refractivity contribution in [3.8, 4) is 5.88 Å². The standard InChI is InChI=1S/C12H18F3N3O/c1-3-6-16-10-8-11(18-9(2)17-10)19-7-4-5-12(13,14)15/h8H,3-7H2,1-2H3,(H,16,17,18). The lowest BCUT2D eigenvalue weighted by Crippen LogP contribution is -2.10. The summed E-state index contributed by atoms with van der Waals surface area (Å²) in [4.78, 5) is 8.18. The molecule has 19 heavy (non-hydrogen) atoms. The molecule has 0 aliphatic rings. The van der Waals surface area contributed by atoms with Gasteiger partial charge in [-0.15, -0.1) is 0 Å². The van der Waals surface area contributed by atoms with E-state index in [4.69, 9.17) is 4.74 Å². The molecule has 1 aromatic rings. The topological polar surface area (TPSA) is 47.0 Å². The molecule has 1 N–H and O–H groups in total. The summed E-state index contributed by atoms with van der Waals surface area (Å²) in [5.74, 6) is 1.44. The van der Waals surface area contributed by atoms with E-state index >= 15 is 0 Å². The zero-order valence-corrected chi connectivity index (χ0v) is 11.0. The summed E-state index contributed by atoms with van der Waals surface area (Å²) in [7, 11) is 0. The molecule has 0 saturated heterocycles. The largest absolute Gasteiger partial charge is 0.478 e. The number of aromatic nitrogens is 2. The number of anilines is 1. The molecule has 1 rings (SSSR count). The van der Waals surface area contributed by atoms with Gasteiger partial charge >= 0.3 is 6.18 Å². The van der Waals surface area contributed by atoms with Crippen LogP contribution in [0.1, 0.15) is 32.0 Å². The second kappa shape index (κ2) is 7.16. The van der Waals surface area contributed by atoms with Crippen LogP contribution in [0, 0.1) is 6.92 Å². The van der Waals surface area contributed by atoms with Gasteiger partial charge in [-0.25, -0.2) is 4.98 Å². The number of ether oxygens (including phenoxy) is 1. The molecule has 0 aliphatic heterocycles. The van der Waals surface area contributed by atoms with Crippen molar-refractivity contribution >= 4 is 5.82 Å². The Balaban J connectivity index is 2.46. The fourth-order valence-electron chi connectivity index (χ4n) is 1.41. The van der Waals surface area contributed by atoms with E-state index in [1.165, 1.54) is 0 Å². The van der Waals surface area contributed by atoms with Crippen LogP contribution in [0.4, 0.5) is 19.0 Å². The predicted octanol–water partition coefficient (Wildman–Crippen LogP) is 3.33. The molecular formula is C12H18F3N3O. The number of aryl methyl sites for hydroxylation is 1. The molecule has 7 heteroatoms. The van der Waals surface area contributed by atoms with Crippen LogP contribution in [0.15, 0.2) is 6.07 Å². The van der Waals surface area contributed by atoms with Crippen molar-refractivity contribution in [3.63, 3.8) is 0 Å². The number of halogens is 3. The summed E-state index contributed by atoms with van der Waals surface area (Å²) >= 11 is 0. The first kappa shape index (κ1) is 15.5. The van der Waals surface area contributed by atoms with E-state index in [0.29, 0.717) is 17.5 Å². The zero-order chi connectivity index (χ0) is 14.3. The van der Waals surface area contributed by atoms with Gasteiger partial charge in [-0.1, -0.05) is 6.92 Å². The molecule has 4 nitrogen and oxygen atoms in total. The first-order valence-electron chi connectivity index (χ1n) is 6.20. The Morgan fingerprint density at radius 3 is 2.68 bits per heavy atom. The van der Waals surface area contributed by atoms with Crippen molar-refractivity contribution < 1.29 is 17.9 Å². The monoisotopic (exact) mass is 277 g/mol. The molecule has 1 heterocycles. The van der Waals surface area contributed by atoms with Gasteiger partial charge in [0.15, 0.2) is 0 Å². The van der Waals surface area contributed by atoms with Crippen molar-refractivity contribution in [1.29, 1.82) is 0 Å². The van der Waals surface area contributed by atoms with Crippen molar-refractivity contribution in [2.45, 2.75) is 39.3 Å². The van der Waals surface area contributed by atoms with Gasteiger partial charge in [0.05, 0.1) is 6.61 Å². The highest BCUT2D eigenvalue weighted by Crippen LogP contribution is 2.21. The van der Waals surface area contributed by atoms with E-state index in [2.05, 4.69) is 15.3 Å². The highest BCUT2D eigenvalue weighted by atomic mass is 19.4. The second-order valence-corrected chi connectivity index (χ2v) is 4.13. The van der Waals surface area contributed by atoms with E-state index < -0.39 is 12.6 Å². The summed E-state index contributed by atoms with van der Waals surface area (Å²) in [5, 5.41) is 3.08. The van der Waals surface area contributed by atoms with Crippen LogP contribution in [0.5, 0.6) is 5.88 Å². The summed E-state index contributed by atoms with van der Waals surface area (Å²) in [5.41, 5.74) is 0. The maximum atomic E-state index is 12.0. The molecule has 0 aromatic carbocycles. The first-order valence-corrected chi connectivity index (χ1v) is 6.20. The highest BCUT2D eigenvalue weighted by Gasteiger charge is 2.26. The zero-order valence-electron chi connectivity index (χ0n) is 11.0. The van der Waals surface area contributed by atoms with Gasteiger partial charge < -0.3 is 10.1 Å². The smallest absolute Gasteiger partial charge is 0.389 e. The maximum Gasteiger partial charge on any atom is 0.389 e. The predicted molar refractivity (Wildman–Crippen MR) is 66.3 cm³/mol. The minimum atomic E-state index is -4.14. The normalized spacial score (nSPS) is 11.4. The molecule has 0 radical (unpaired) electrons. The van der Waals surface area contributed by atoms with Gasteiger partial charge in [0.25, 0.3) is 0 Å².